The first kappa shape index (κ1) is 30.6. The fourth-order valence-corrected chi connectivity index (χ4v) is 5.65. The maximum absolute atomic E-state index is 13.7. The highest BCUT2D eigenvalue weighted by Crippen LogP contribution is 2.25. The highest BCUT2D eigenvalue weighted by molar-refractivity contribution is 6.30. The van der Waals surface area contributed by atoms with Gasteiger partial charge in [-0.05, 0) is 78.8 Å². The lowest BCUT2D eigenvalue weighted by molar-refractivity contribution is -0.140. The maximum Gasteiger partial charge on any atom is 0.251 e. The summed E-state index contributed by atoms with van der Waals surface area (Å²) < 4.78 is 5.27. The van der Waals surface area contributed by atoms with Crippen LogP contribution < -0.4 is 10.1 Å². The molecule has 218 valence electrons. The highest BCUT2D eigenvalue weighted by Gasteiger charge is 2.31. The standard InChI is InChI=1S/C34H42ClN3O3/c1-4-28(5-2)34(40)38(31-17-19-37(20-18-31)23-25-11-15-30(35)16-12-25)24-26-9-13-29(14-10-26)33(39)36-22-27-7-6-8-32(21-27)41-3/h6-16,21,28,31H,4-5,17-20,22-24H2,1-3H3,(H,36,39). The van der Waals surface area contributed by atoms with E-state index in [0.717, 1.165) is 67.2 Å². The monoisotopic (exact) mass is 575 g/mol. The Morgan fingerprint density at radius 1 is 0.951 bits per heavy atom. The van der Waals surface area contributed by atoms with Crippen LogP contribution in [0.3, 0.4) is 0 Å². The Balaban J connectivity index is 1.38. The van der Waals surface area contributed by atoms with E-state index in [9.17, 15) is 9.59 Å². The third-order valence-electron chi connectivity index (χ3n) is 8.09. The number of ether oxygens (including phenoxy) is 1. The van der Waals surface area contributed by atoms with Crippen LogP contribution in [0, 0.1) is 5.92 Å². The zero-order valence-electron chi connectivity index (χ0n) is 24.4. The molecule has 1 saturated heterocycles. The normalized spacial score (nSPS) is 14.2. The van der Waals surface area contributed by atoms with Gasteiger partial charge in [0.25, 0.3) is 5.91 Å². The molecule has 7 heteroatoms. The molecule has 3 aromatic rings. The zero-order valence-corrected chi connectivity index (χ0v) is 25.2. The summed E-state index contributed by atoms with van der Waals surface area (Å²) in [5, 5.41) is 3.74. The minimum atomic E-state index is -0.127. The van der Waals surface area contributed by atoms with Gasteiger partial charge < -0.3 is 15.0 Å². The Morgan fingerprint density at radius 2 is 1.61 bits per heavy atom. The largest absolute Gasteiger partial charge is 0.497 e. The fraction of sp³-hybridized carbons (Fsp3) is 0.412. The number of carbonyl (C=O) groups is 2. The SMILES string of the molecule is CCC(CC)C(=O)N(Cc1ccc(C(=O)NCc2cccc(OC)c2)cc1)C1CCN(Cc2ccc(Cl)cc2)CC1. The van der Waals surface area contributed by atoms with E-state index < -0.39 is 0 Å². The zero-order chi connectivity index (χ0) is 29.2. The second-order valence-corrected chi connectivity index (χ2v) is 11.3. The van der Waals surface area contributed by atoms with Crippen LogP contribution in [0.4, 0.5) is 0 Å². The molecule has 4 rings (SSSR count). The molecular formula is C34H42ClN3O3. The average molecular weight is 576 g/mol. The van der Waals surface area contributed by atoms with Crippen LogP contribution in [-0.4, -0.2) is 47.9 Å². The van der Waals surface area contributed by atoms with Crippen molar-refractivity contribution < 1.29 is 14.3 Å². The lowest BCUT2D eigenvalue weighted by Gasteiger charge is -2.40. The van der Waals surface area contributed by atoms with Crippen molar-refractivity contribution in [2.24, 2.45) is 5.92 Å². The topological polar surface area (TPSA) is 61.9 Å². The Morgan fingerprint density at radius 3 is 2.24 bits per heavy atom. The van der Waals surface area contributed by atoms with Crippen molar-refractivity contribution in [3.05, 3.63) is 100 Å². The van der Waals surface area contributed by atoms with Crippen molar-refractivity contribution in [3.63, 3.8) is 0 Å². The fourth-order valence-electron chi connectivity index (χ4n) is 5.52. The molecule has 41 heavy (non-hydrogen) atoms. The van der Waals surface area contributed by atoms with Gasteiger partial charge in [0.15, 0.2) is 0 Å². The van der Waals surface area contributed by atoms with Crippen molar-refractivity contribution in [2.45, 2.75) is 65.2 Å². The summed E-state index contributed by atoms with van der Waals surface area (Å²) in [6, 6.07) is 23.6. The number of carbonyl (C=O) groups excluding carboxylic acids is 2. The molecule has 6 nitrogen and oxygen atoms in total. The molecule has 0 unspecified atom stereocenters. The molecule has 3 aromatic carbocycles. The summed E-state index contributed by atoms with van der Waals surface area (Å²) in [6.45, 7) is 7.97. The first-order valence-corrected chi connectivity index (χ1v) is 15.0. The Kier molecular flexibility index (Phi) is 11.2. The summed E-state index contributed by atoms with van der Waals surface area (Å²) >= 11 is 6.05. The number of methoxy groups -OCH3 is 1. The molecular weight excluding hydrogens is 534 g/mol. The molecule has 1 fully saturated rings. The van der Waals surface area contributed by atoms with Crippen molar-refractivity contribution >= 4 is 23.4 Å². The number of piperidine rings is 1. The van der Waals surface area contributed by atoms with Gasteiger partial charge in [-0.2, -0.15) is 0 Å². The van der Waals surface area contributed by atoms with Gasteiger partial charge in [-0.25, -0.2) is 0 Å². The van der Waals surface area contributed by atoms with Gasteiger partial charge in [-0.15, -0.1) is 0 Å². The molecule has 0 saturated carbocycles. The second-order valence-electron chi connectivity index (χ2n) is 10.8. The summed E-state index contributed by atoms with van der Waals surface area (Å²) in [5.41, 5.74) is 3.87. The lowest BCUT2D eigenvalue weighted by atomic mass is 9.96. The average Bonchev–Trinajstić information content (AvgIpc) is 3.01. The van der Waals surface area contributed by atoms with E-state index in [-0.39, 0.29) is 23.8 Å². The summed E-state index contributed by atoms with van der Waals surface area (Å²) in [5.74, 6) is 0.910. The number of likely N-dealkylation sites (tertiary alicyclic amines) is 1. The molecule has 2 amide bonds. The van der Waals surface area contributed by atoms with Crippen molar-refractivity contribution in [3.8, 4) is 5.75 Å². The molecule has 0 atom stereocenters. The van der Waals surface area contributed by atoms with E-state index in [1.807, 2.05) is 60.7 Å². The number of rotatable bonds is 12. The second kappa shape index (κ2) is 15.0. The van der Waals surface area contributed by atoms with Crippen LogP contribution in [0.5, 0.6) is 5.75 Å². The van der Waals surface area contributed by atoms with Crippen LogP contribution in [-0.2, 0) is 24.4 Å². The lowest BCUT2D eigenvalue weighted by Crippen LogP contribution is -2.48. The number of benzene rings is 3. The molecule has 0 spiro atoms. The summed E-state index contributed by atoms with van der Waals surface area (Å²) in [6.07, 6.45) is 3.58. The van der Waals surface area contributed by atoms with Gasteiger partial charge in [-0.3, -0.25) is 14.5 Å². The van der Waals surface area contributed by atoms with Gasteiger partial charge in [-0.1, -0.05) is 61.8 Å². The van der Waals surface area contributed by atoms with Crippen LogP contribution in [0.15, 0.2) is 72.8 Å². The van der Waals surface area contributed by atoms with Gasteiger partial charge in [0.2, 0.25) is 5.91 Å². The van der Waals surface area contributed by atoms with Gasteiger partial charge in [0.05, 0.1) is 7.11 Å². The third-order valence-corrected chi connectivity index (χ3v) is 8.34. The first-order chi connectivity index (χ1) is 19.9. The van der Waals surface area contributed by atoms with Gasteiger partial charge in [0, 0.05) is 55.3 Å². The van der Waals surface area contributed by atoms with Gasteiger partial charge >= 0.3 is 0 Å². The van der Waals surface area contributed by atoms with E-state index in [4.69, 9.17) is 16.3 Å². The molecule has 0 aliphatic carbocycles. The predicted octanol–water partition coefficient (Wildman–Crippen LogP) is 6.71. The summed E-state index contributed by atoms with van der Waals surface area (Å²) in [4.78, 5) is 31.0. The smallest absolute Gasteiger partial charge is 0.251 e. The minimum Gasteiger partial charge on any atom is -0.497 e. The number of halogens is 1. The number of hydrogen-bond donors (Lipinski definition) is 1. The Bertz CT molecular complexity index is 1270. The summed E-state index contributed by atoms with van der Waals surface area (Å²) in [7, 11) is 1.63. The Labute approximate surface area is 249 Å². The van der Waals surface area contributed by atoms with Crippen LogP contribution in [0.1, 0.15) is 66.6 Å². The molecule has 1 aliphatic heterocycles. The van der Waals surface area contributed by atoms with E-state index in [1.54, 1.807) is 7.11 Å². The van der Waals surface area contributed by atoms with Crippen molar-refractivity contribution in [2.75, 3.05) is 20.2 Å². The quantitative estimate of drug-likeness (QED) is 0.261. The van der Waals surface area contributed by atoms with Gasteiger partial charge in [0.1, 0.15) is 5.75 Å². The van der Waals surface area contributed by atoms with Crippen molar-refractivity contribution in [1.29, 1.82) is 0 Å². The molecule has 1 N–H and O–H groups in total. The van der Waals surface area contributed by atoms with Crippen LogP contribution >= 0.6 is 11.6 Å². The predicted molar refractivity (Wildman–Crippen MR) is 165 cm³/mol. The first-order valence-electron chi connectivity index (χ1n) is 14.7. The van der Waals surface area contributed by atoms with Crippen LogP contribution in [0.2, 0.25) is 5.02 Å². The Hall–Kier alpha value is -3.35. The molecule has 0 bridgehead atoms. The molecule has 1 heterocycles. The maximum atomic E-state index is 13.7. The van der Waals surface area contributed by atoms with E-state index in [0.29, 0.717) is 18.7 Å². The molecule has 0 radical (unpaired) electrons. The van der Waals surface area contributed by atoms with E-state index >= 15 is 0 Å². The number of amides is 2. The van der Waals surface area contributed by atoms with Crippen LogP contribution in [0.25, 0.3) is 0 Å². The number of nitrogens with one attached hydrogen (secondary N) is 1. The minimum absolute atomic E-state index is 0.0313. The number of hydrogen-bond acceptors (Lipinski definition) is 4. The molecule has 0 aromatic heterocycles. The highest BCUT2D eigenvalue weighted by atomic mass is 35.5. The van der Waals surface area contributed by atoms with Crippen molar-refractivity contribution in [1.82, 2.24) is 15.1 Å². The van der Waals surface area contributed by atoms with E-state index in [2.05, 4.69) is 41.1 Å². The van der Waals surface area contributed by atoms with E-state index in [1.165, 1.54) is 5.56 Å². The third kappa shape index (κ3) is 8.57. The number of nitrogens with zero attached hydrogens (tertiary/aromatic N) is 2. The molecule has 1 aliphatic rings.